The van der Waals surface area contributed by atoms with E-state index in [-0.39, 0.29) is 5.91 Å². The molecule has 106 valence electrons. The molecule has 19 heavy (non-hydrogen) atoms. The Morgan fingerprint density at radius 2 is 2.00 bits per heavy atom. The third-order valence-electron chi connectivity index (χ3n) is 2.79. The van der Waals surface area contributed by atoms with Crippen LogP contribution in [-0.4, -0.2) is 32.7 Å². The van der Waals surface area contributed by atoms with Crippen LogP contribution in [0.5, 0.6) is 0 Å². The molecule has 0 heterocycles. The molecule has 0 aliphatic rings. The van der Waals surface area contributed by atoms with Gasteiger partial charge in [0.1, 0.15) is 0 Å². The Hall–Kier alpha value is -1.55. The lowest BCUT2D eigenvalue weighted by Gasteiger charge is -2.12. The second kappa shape index (κ2) is 8.53. The van der Waals surface area contributed by atoms with Crippen LogP contribution in [0.2, 0.25) is 0 Å². The average molecular weight is 264 g/mol. The van der Waals surface area contributed by atoms with Gasteiger partial charge in [-0.05, 0) is 36.6 Å². The summed E-state index contributed by atoms with van der Waals surface area (Å²) in [6.45, 7) is 6.39. The van der Waals surface area contributed by atoms with Crippen molar-refractivity contribution in [3.05, 3.63) is 29.8 Å². The molecule has 1 aromatic carbocycles. The molecule has 0 bridgehead atoms. The fourth-order valence-corrected chi connectivity index (χ4v) is 1.72. The quantitative estimate of drug-likeness (QED) is 0.758. The Kier molecular flexibility index (Phi) is 6.97. The van der Waals surface area contributed by atoms with Gasteiger partial charge < -0.3 is 15.4 Å². The molecule has 1 rings (SSSR count). The van der Waals surface area contributed by atoms with E-state index in [1.165, 1.54) is 0 Å². The van der Waals surface area contributed by atoms with Gasteiger partial charge in [-0.1, -0.05) is 13.8 Å². The molecule has 0 aliphatic carbocycles. The van der Waals surface area contributed by atoms with Gasteiger partial charge in [-0.25, -0.2) is 0 Å². The first-order chi connectivity index (χ1) is 9.17. The summed E-state index contributed by atoms with van der Waals surface area (Å²) in [5, 5.41) is 6.19. The molecule has 1 unspecified atom stereocenters. The number of carbonyl (C=O) groups is 1. The van der Waals surface area contributed by atoms with E-state index in [1.807, 2.05) is 31.2 Å². The van der Waals surface area contributed by atoms with Crippen LogP contribution in [0.3, 0.4) is 0 Å². The first kappa shape index (κ1) is 15.5. The maximum atomic E-state index is 11.9. The van der Waals surface area contributed by atoms with E-state index in [2.05, 4.69) is 17.6 Å². The van der Waals surface area contributed by atoms with Gasteiger partial charge in [0.05, 0.1) is 6.61 Å². The lowest BCUT2D eigenvalue weighted by Crippen LogP contribution is -2.29. The van der Waals surface area contributed by atoms with Crippen molar-refractivity contribution in [3.8, 4) is 0 Å². The van der Waals surface area contributed by atoms with Crippen molar-refractivity contribution in [2.45, 2.75) is 20.3 Å². The SMILES string of the molecule is CCCNc1ccc(C(=O)NCC(C)COC)cc1. The number of carbonyl (C=O) groups excluding carboxylic acids is 1. The van der Waals surface area contributed by atoms with Crippen LogP contribution in [0.1, 0.15) is 30.6 Å². The van der Waals surface area contributed by atoms with Gasteiger partial charge in [-0.3, -0.25) is 4.79 Å². The van der Waals surface area contributed by atoms with Crippen molar-refractivity contribution in [2.75, 3.05) is 32.1 Å². The number of benzene rings is 1. The smallest absolute Gasteiger partial charge is 0.251 e. The summed E-state index contributed by atoms with van der Waals surface area (Å²) in [5.74, 6) is 0.282. The highest BCUT2D eigenvalue weighted by molar-refractivity contribution is 5.94. The van der Waals surface area contributed by atoms with Crippen LogP contribution in [0, 0.1) is 5.92 Å². The highest BCUT2D eigenvalue weighted by Gasteiger charge is 2.07. The van der Waals surface area contributed by atoms with Crippen molar-refractivity contribution >= 4 is 11.6 Å². The summed E-state index contributed by atoms with van der Waals surface area (Å²) in [5.41, 5.74) is 1.73. The number of methoxy groups -OCH3 is 1. The topological polar surface area (TPSA) is 50.4 Å². The number of hydrogen-bond donors (Lipinski definition) is 2. The van der Waals surface area contributed by atoms with E-state index >= 15 is 0 Å². The minimum atomic E-state index is -0.0370. The minimum Gasteiger partial charge on any atom is -0.385 e. The largest absolute Gasteiger partial charge is 0.385 e. The molecular weight excluding hydrogens is 240 g/mol. The molecule has 0 saturated heterocycles. The van der Waals surface area contributed by atoms with E-state index in [1.54, 1.807) is 7.11 Å². The lowest BCUT2D eigenvalue weighted by molar-refractivity contribution is 0.0934. The third kappa shape index (κ3) is 5.75. The molecule has 0 aromatic heterocycles. The highest BCUT2D eigenvalue weighted by Crippen LogP contribution is 2.09. The summed E-state index contributed by atoms with van der Waals surface area (Å²) in [6, 6.07) is 7.55. The number of amides is 1. The predicted octanol–water partition coefficient (Wildman–Crippen LogP) is 2.52. The molecule has 0 fully saturated rings. The van der Waals surface area contributed by atoms with Crippen LogP contribution in [0.4, 0.5) is 5.69 Å². The fourth-order valence-electron chi connectivity index (χ4n) is 1.72. The Morgan fingerprint density at radius 3 is 2.58 bits per heavy atom. The number of anilines is 1. The summed E-state index contributed by atoms with van der Waals surface area (Å²) >= 11 is 0. The number of rotatable bonds is 8. The molecule has 0 radical (unpaired) electrons. The Balaban J connectivity index is 2.44. The van der Waals surface area contributed by atoms with Crippen molar-refractivity contribution < 1.29 is 9.53 Å². The second-order valence-electron chi connectivity index (χ2n) is 4.77. The van der Waals surface area contributed by atoms with E-state index in [0.717, 1.165) is 18.7 Å². The number of hydrogen-bond acceptors (Lipinski definition) is 3. The normalized spacial score (nSPS) is 11.9. The molecule has 4 heteroatoms. The molecule has 4 nitrogen and oxygen atoms in total. The van der Waals surface area contributed by atoms with E-state index in [0.29, 0.717) is 24.6 Å². The lowest BCUT2D eigenvalue weighted by atomic mass is 10.1. The number of ether oxygens (including phenoxy) is 1. The van der Waals surface area contributed by atoms with Crippen molar-refractivity contribution in [2.24, 2.45) is 5.92 Å². The third-order valence-corrected chi connectivity index (χ3v) is 2.79. The first-order valence-corrected chi connectivity index (χ1v) is 6.78. The van der Waals surface area contributed by atoms with Crippen LogP contribution < -0.4 is 10.6 Å². The van der Waals surface area contributed by atoms with Crippen LogP contribution in [0.15, 0.2) is 24.3 Å². The van der Waals surface area contributed by atoms with Crippen LogP contribution >= 0.6 is 0 Å². The van der Waals surface area contributed by atoms with Crippen LogP contribution in [-0.2, 0) is 4.74 Å². The summed E-state index contributed by atoms with van der Waals surface area (Å²) < 4.78 is 5.04. The second-order valence-corrected chi connectivity index (χ2v) is 4.77. The Morgan fingerprint density at radius 1 is 1.32 bits per heavy atom. The van der Waals surface area contributed by atoms with Gasteiger partial charge in [0.2, 0.25) is 0 Å². The zero-order valence-electron chi connectivity index (χ0n) is 12.0. The predicted molar refractivity (Wildman–Crippen MR) is 78.6 cm³/mol. The van der Waals surface area contributed by atoms with E-state index in [4.69, 9.17) is 4.74 Å². The molecule has 1 amide bonds. The van der Waals surface area contributed by atoms with Gasteiger partial charge in [0, 0.05) is 31.5 Å². The maximum absolute atomic E-state index is 11.9. The monoisotopic (exact) mass is 264 g/mol. The van der Waals surface area contributed by atoms with Gasteiger partial charge in [-0.2, -0.15) is 0 Å². The van der Waals surface area contributed by atoms with E-state index in [9.17, 15) is 4.79 Å². The highest BCUT2D eigenvalue weighted by atomic mass is 16.5. The van der Waals surface area contributed by atoms with Crippen molar-refractivity contribution in [3.63, 3.8) is 0 Å². The molecule has 1 aromatic rings. The molecule has 2 N–H and O–H groups in total. The van der Waals surface area contributed by atoms with Gasteiger partial charge in [-0.15, -0.1) is 0 Å². The molecule has 1 atom stereocenters. The standard InChI is InChI=1S/C15H24N2O2/c1-4-9-16-14-7-5-13(6-8-14)15(18)17-10-12(2)11-19-3/h5-8,12,16H,4,9-11H2,1-3H3,(H,17,18). The minimum absolute atomic E-state index is 0.0370. The maximum Gasteiger partial charge on any atom is 0.251 e. The van der Waals surface area contributed by atoms with Gasteiger partial charge in [0.15, 0.2) is 0 Å². The van der Waals surface area contributed by atoms with Gasteiger partial charge >= 0.3 is 0 Å². The molecule has 0 aliphatic heterocycles. The summed E-state index contributed by atoms with van der Waals surface area (Å²) in [6.07, 6.45) is 1.08. The van der Waals surface area contributed by atoms with Crippen LogP contribution in [0.25, 0.3) is 0 Å². The number of nitrogens with one attached hydrogen (secondary N) is 2. The molecular formula is C15H24N2O2. The Labute approximate surface area is 115 Å². The van der Waals surface area contributed by atoms with E-state index < -0.39 is 0 Å². The average Bonchev–Trinajstić information content (AvgIpc) is 2.43. The Bertz CT molecular complexity index is 376. The van der Waals surface area contributed by atoms with Gasteiger partial charge in [0.25, 0.3) is 5.91 Å². The molecule has 0 spiro atoms. The summed E-state index contributed by atoms with van der Waals surface area (Å²) in [7, 11) is 1.67. The van der Waals surface area contributed by atoms with Crippen molar-refractivity contribution in [1.29, 1.82) is 0 Å². The molecule has 0 saturated carbocycles. The fraction of sp³-hybridized carbons (Fsp3) is 0.533. The summed E-state index contributed by atoms with van der Waals surface area (Å²) in [4.78, 5) is 11.9. The zero-order valence-corrected chi connectivity index (χ0v) is 12.0. The van der Waals surface area contributed by atoms with Crippen molar-refractivity contribution in [1.82, 2.24) is 5.32 Å². The first-order valence-electron chi connectivity index (χ1n) is 6.78. The zero-order chi connectivity index (χ0) is 14.1.